The molecule has 24 nitrogen and oxygen atoms in total. The molecule has 24 heteroatoms. The Balaban J connectivity index is 1.03. The molecule has 6 atom stereocenters. The zero-order valence-electron chi connectivity index (χ0n) is 40.3. The molecular weight excluding hydrogens is 971 g/mol. The Hall–Kier alpha value is -9.32. The molecule has 0 saturated carbocycles. The van der Waals surface area contributed by atoms with E-state index in [1.54, 1.807) is 42.9 Å². The summed E-state index contributed by atoms with van der Waals surface area (Å²) in [6.07, 6.45) is 5.45. The average Bonchev–Trinajstić information content (AvgIpc) is 4.23. The van der Waals surface area contributed by atoms with E-state index in [0.717, 1.165) is 32.9 Å². The zero-order chi connectivity index (χ0) is 53.6. The van der Waals surface area contributed by atoms with Crippen molar-refractivity contribution in [2.75, 3.05) is 6.54 Å². The number of carboxylic acid groups (broad SMARTS) is 2. The fourth-order valence-corrected chi connectivity index (χ4v) is 8.63. The van der Waals surface area contributed by atoms with E-state index >= 15 is 0 Å². The van der Waals surface area contributed by atoms with Crippen LogP contribution in [0.1, 0.15) is 48.1 Å². The summed E-state index contributed by atoms with van der Waals surface area (Å²) in [7, 11) is 0. The lowest BCUT2D eigenvalue weighted by Gasteiger charge is -2.26. The minimum Gasteiger partial charge on any atom is -0.481 e. The topological polar surface area (TPSA) is 394 Å². The number of H-pyrrole nitrogens is 4. The number of imidazole rings is 1. The Kier molecular flexibility index (Phi) is 17.7. The Bertz CT molecular complexity index is 3200. The molecule has 7 amide bonds. The van der Waals surface area contributed by atoms with E-state index in [2.05, 4.69) is 56.8 Å². The van der Waals surface area contributed by atoms with Crippen LogP contribution in [0.4, 0.5) is 0 Å². The first-order chi connectivity index (χ1) is 36.0. The number of carbonyl (C=O) groups excluding carboxylic acids is 7. The highest BCUT2D eigenvalue weighted by Gasteiger charge is 2.33. The maximum Gasteiger partial charge on any atom is 0.326 e. The van der Waals surface area contributed by atoms with E-state index in [4.69, 9.17) is 11.5 Å². The highest BCUT2D eigenvalue weighted by atomic mass is 16.4. The van der Waals surface area contributed by atoms with Gasteiger partial charge in [-0.2, -0.15) is 0 Å². The number of carbonyl (C=O) groups is 9. The Labute approximate surface area is 426 Å². The number of benzene rings is 3. The minimum absolute atomic E-state index is 0.0101. The number of aliphatic carboxylic acids is 2. The molecule has 0 saturated heterocycles. The molecule has 0 aliphatic heterocycles. The standard InChI is InChI=1S/C51H57N13O11/c52-34(17-27-21-55-35-10-4-1-7-31(27)35)46(69)63-40(18-28-22-56-36-11-5-2-8-32(28)36)47(70)58-25-44(66)60-41(20-30-24-54-26-59-30)50(73)62-39(14-16-45(67)68)48(71)61-38(13-15-43(53)65)49(72)64-42(51(74)75)19-29-23-57-37-12-6-3-9-33(29)37/h1-12,21-24,26,34,38-42,55-57H,13-20,25,52H2,(H2,53,65)(H,54,59)(H,58,70)(H,60,66)(H,61,71)(H,62,73)(H,63,69)(H,64,72)(H,67,68)(H,74,75)/t34-,38-,39-,40-,41-,42-/m0/s1. The van der Waals surface area contributed by atoms with Crippen LogP contribution in [0.25, 0.3) is 32.7 Å². The summed E-state index contributed by atoms with van der Waals surface area (Å²) in [5.74, 6) is -8.96. The van der Waals surface area contributed by atoms with Crippen LogP contribution in [0.15, 0.2) is 104 Å². The molecule has 392 valence electrons. The van der Waals surface area contributed by atoms with Gasteiger partial charge in [0.2, 0.25) is 41.4 Å². The van der Waals surface area contributed by atoms with Gasteiger partial charge in [-0.25, -0.2) is 9.78 Å². The van der Waals surface area contributed by atoms with Gasteiger partial charge in [0.25, 0.3) is 0 Å². The molecule has 7 aromatic rings. The highest BCUT2D eigenvalue weighted by Crippen LogP contribution is 2.22. The Morgan fingerprint density at radius 1 is 0.520 bits per heavy atom. The Morgan fingerprint density at radius 2 is 0.973 bits per heavy atom. The number of nitrogens with zero attached hydrogens (tertiary/aromatic N) is 1. The molecule has 0 aliphatic rings. The third-order valence-corrected chi connectivity index (χ3v) is 12.5. The first-order valence-electron chi connectivity index (χ1n) is 23.9. The number of aromatic nitrogens is 5. The van der Waals surface area contributed by atoms with Gasteiger partial charge in [-0.05, 0) is 54.2 Å². The van der Waals surface area contributed by atoms with Crippen molar-refractivity contribution >= 4 is 86.0 Å². The molecule has 0 fully saturated rings. The van der Waals surface area contributed by atoms with E-state index in [1.165, 1.54) is 12.5 Å². The van der Waals surface area contributed by atoms with Crippen molar-refractivity contribution in [3.63, 3.8) is 0 Å². The van der Waals surface area contributed by atoms with Crippen molar-refractivity contribution < 1.29 is 53.4 Å². The summed E-state index contributed by atoms with van der Waals surface area (Å²) in [4.78, 5) is 135. The van der Waals surface area contributed by atoms with Crippen LogP contribution in [-0.2, 0) is 68.8 Å². The van der Waals surface area contributed by atoms with Crippen molar-refractivity contribution in [3.05, 3.63) is 126 Å². The summed E-state index contributed by atoms with van der Waals surface area (Å²) in [6, 6.07) is 13.4. The van der Waals surface area contributed by atoms with Crippen molar-refractivity contribution in [2.24, 2.45) is 11.5 Å². The third-order valence-electron chi connectivity index (χ3n) is 12.5. The number of fused-ring (bicyclic) bond motifs is 3. The van der Waals surface area contributed by atoms with Crippen LogP contribution in [0.2, 0.25) is 0 Å². The number of hydrogen-bond donors (Lipinski definition) is 14. The Morgan fingerprint density at radius 3 is 1.47 bits per heavy atom. The number of nitrogens with one attached hydrogen (secondary N) is 10. The van der Waals surface area contributed by atoms with Crippen molar-refractivity contribution in [1.82, 2.24) is 56.8 Å². The lowest BCUT2D eigenvalue weighted by Crippen LogP contribution is -2.59. The van der Waals surface area contributed by atoms with Gasteiger partial charge in [0.15, 0.2) is 0 Å². The SMILES string of the molecule is NC(=O)CC[C@H](NC(=O)[C@H](CCC(=O)O)NC(=O)[C@H](Cc1cnc[nH]1)NC(=O)CNC(=O)[C@H](Cc1c[nH]c2ccccc12)NC(=O)[C@@H](N)Cc1c[nH]c2ccccc12)C(=O)N[C@@H](Cc1c[nH]c2ccccc12)C(=O)O. The summed E-state index contributed by atoms with van der Waals surface area (Å²) >= 11 is 0. The normalized spacial score (nSPS) is 13.7. The number of nitrogens with two attached hydrogens (primary N) is 2. The summed E-state index contributed by atoms with van der Waals surface area (Å²) in [5.41, 5.74) is 16.5. The van der Waals surface area contributed by atoms with E-state index in [1.807, 2.05) is 48.5 Å². The van der Waals surface area contributed by atoms with Gasteiger partial charge in [0, 0.05) is 95.3 Å². The molecule has 0 unspecified atom stereocenters. The number of hydrogen-bond acceptors (Lipinski definition) is 11. The zero-order valence-corrected chi connectivity index (χ0v) is 40.3. The van der Waals surface area contributed by atoms with Crippen molar-refractivity contribution in [1.29, 1.82) is 0 Å². The minimum atomic E-state index is -1.67. The second kappa shape index (κ2) is 24.9. The van der Waals surface area contributed by atoms with Crippen LogP contribution in [-0.4, -0.2) is 131 Å². The number of rotatable bonds is 27. The number of primary amides is 1. The predicted molar refractivity (Wildman–Crippen MR) is 272 cm³/mol. The lowest BCUT2D eigenvalue weighted by atomic mass is 10.0. The fraction of sp³-hybridized carbons (Fsp3) is 0.294. The van der Waals surface area contributed by atoms with Crippen LogP contribution in [0.5, 0.6) is 0 Å². The van der Waals surface area contributed by atoms with Gasteiger partial charge in [-0.1, -0.05) is 54.6 Å². The molecule has 0 spiro atoms. The van der Waals surface area contributed by atoms with Crippen LogP contribution < -0.4 is 43.4 Å². The van der Waals surface area contributed by atoms with E-state index in [0.29, 0.717) is 22.2 Å². The monoisotopic (exact) mass is 1030 g/mol. The third kappa shape index (κ3) is 14.4. The molecule has 75 heavy (non-hydrogen) atoms. The summed E-state index contributed by atoms with van der Waals surface area (Å²) in [5, 5.41) is 37.1. The van der Waals surface area contributed by atoms with E-state index < -0.39 is 122 Å². The first-order valence-corrected chi connectivity index (χ1v) is 23.9. The quantitative estimate of drug-likeness (QED) is 0.0328. The number of carboxylic acids is 2. The fourth-order valence-electron chi connectivity index (χ4n) is 8.63. The van der Waals surface area contributed by atoms with Crippen LogP contribution >= 0.6 is 0 Å². The van der Waals surface area contributed by atoms with E-state index in [9.17, 15) is 53.4 Å². The summed E-state index contributed by atoms with van der Waals surface area (Å²) < 4.78 is 0. The van der Waals surface area contributed by atoms with Gasteiger partial charge in [0.05, 0.1) is 18.9 Å². The maximum absolute atomic E-state index is 14.1. The molecular formula is C51H57N13O11. The maximum atomic E-state index is 14.1. The van der Waals surface area contributed by atoms with Crippen LogP contribution in [0.3, 0.4) is 0 Å². The average molecular weight is 1030 g/mol. The molecule has 0 aliphatic carbocycles. The smallest absolute Gasteiger partial charge is 0.326 e. The first kappa shape index (κ1) is 53.5. The molecule has 0 bridgehead atoms. The molecule has 0 radical (unpaired) electrons. The second-order valence-electron chi connectivity index (χ2n) is 17.9. The molecule has 7 rings (SSSR count). The van der Waals surface area contributed by atoms with Crippen molar-refractivity contribution in [2.45, 2.75) is 87.6 Å². The van der Waals surface area contributed by atoms with Gasteiger partial charge >= 0.3 is 11.9 Å². The van der Waals surface area contributed by atoms with E-state index in [-0.39, 0.29) is 25.7 Å². The molecule has 4 heterocycles. The second-order valence-corrected chi connectivity index (χ2v) is 17.9. The van der Waals surface area contributed by atoms with Gasteiger partial charge in [0.1, 0.15) is 30.2 Å². The van der Waals surface area contributed by atoms with Crippen molar-refractivity contribution in [3.8, 4) is 0 Å². The molecule has 4 aromatic heterocycles. The molecule has 3 aromatic carbocycles. The number of aromatic amines is 4. The number of amides is 7. The predicted octanol–water partition coefficient (Wildman–Crippen LogP) is 0.207. The van der Waals surface area contributed by atoms with Crippen LogP contribution in [0, 0.1) is 0 Å². The highest BCUT2D eigenvalue weighted by molar-refractivity contribution is 5.97. The largest absolute Gasteiger partial charge is 0.481 e. The van der Waals surface area contributed by atoms with Gasteiger partial charge < -0.3 is 73.5 Å². The summed E-state index contributed by atoms with van der Waals surface area (Å²) in [6.45, 7) is -0.704. The number of para-hydroxylation sites is 3. The molecule has 16 N–H and O–H groups in total. The van der Waals surface area contributed by atoms with Gasteiger partial charge in [-0.3, -0.25) is 38.4 Å². The van der Waals surface area contributed by atoms with Gasteiger partial charge in [-0.15, -0.1) is 0 Å². The lowest BCUT2D eigenvalue weighted by molar-refractivity contribution is -0.142.